The summed E-state index contributed by atoms with van der Waals surface area (Å²) in [4.78, 5) is 25.1. The van der Waals surface area contributed by atoms with Crippen LogP contribution in [0.2, 0.25) is 5.02 Å². The third kappa shape index (κ3) is 3.89. The van der Waals surface area contributed by atoms with Crippen LogP contribution in [0.15, 0.2) is 28.9 Å². The van der Waals surface area contributed by atoms with Gasteiger partial charge in [0.1, 0.15) is 17.9 Å². The van der Waals surface area contributed by atoms with Crippen molar-refractivity contribution in [2.75, 3.05) is 14.2 Å². The first-order valence-corrected chi connectivity index (χ1v) is 7.58. The maximum absolute atomic E-state index is 12.7. The number of carbonyl (C=O) groups is 2. The molecule has 1 amide bonds. The number of carbonyl (C=O) groups excluding carboxylic acids is 1. The molecule has 0 aliphatic carbocycles. The van der Waals surface area contributed by atoms with Gasteiger partial charge in [0.2, 0.25) is 0 Å². The Kier molecular flexibility index (Phi) is 5.51. The lowest BCUT2D eigenvalue weighted by Gasteiger charge is -2.19. The van der Waals surface area contributed by atoms with Crippen molar-refractivity contribution in [2.24, 2.45) is 0 Å². The third-order valence-electron chi connectivity index (χ3n) is 3.57. The first-order chi connectivity index (χ1) is 11.3. The molecule has 0 spiro atoms. The summed E-state index contributed by atoms with van der Waals surface area (Å²) in [6.45, 7) is 1.97. The zero-order valence-corrected chi connectivity index (χ0v) is 14.4. The van der Waals surface area contributed by atoms with Crippen LogP contribution in [-0.2, 0) is 17.8 Å². The number of nitrogens with zero attached hydrogens (tertiary/aromatic N) is 1. The smallest absolute Gasteiger partial charge is 0.311 e. The summed E-state index contributed by atoms with van der Waals surface area (Å²) in [6, 6.07) is 5.16. The molecule has 128 valence electrons. The number of amides is 1. The summed E-state index contributed by atoms with van der Waals surface area (Å²) in [5, 5.41) is 9.48. The molecule has 2 aromatic rings. The first-order valence-electron chi connectivity index (χ1n) is 7.20. The van der Waals surface area contributed by atoms with E-state index in [9.17, 15) is 9.59 Å². The highest BCUT2D eigenvalue weighted by atomic mass is 35.5. The van der Waals surface area contributed by atoms with Gasteiger partial charge in [-0.2, -0.15) is 0 Å². The number of aliphatic carboxylic acids is 1. The molecule has 0 bridgehead atoms. The molecule has 0 saturated heterocycles. The lowest BCUT2D eigenvalue weighted by atomic mass is 10.1. The Morgan fingerprint density at radius 1 is 1.38 bits per heavy atom. The van der Waals surface area contributed by atoms with E-state index in [0.717, 1.165) is 5.56 Å². The fourth-order valence-electron chi connectivity index (χ4n) is 2.44. The van der Waals surface area contributed by atoms with E-state index >= 15 is 0 Å². The third-order valence-corrected chi connectivity index (χ3v) is 3.81. The highest BCUT2D eigenvalue weighted by molar-refractivity contribution is 6.30. The lowest BCUT2D eigenvalue weighted by molar-refractivity contribution is -0.136. The van der Waals surface area contributed by atoms with Crippen LogP contribution in [-0.4, -0.2) is 36.0 Å². The second-order valence-electron chi connectivity index (χ2n) is 5.40. The molecule has 1 N–H and O–H groups in total. The molecular formula is C17H18ClNO5. The predicted octanol–water partition coefficient (Wildman–Crippen LogP) is 3.15. The number of hydrogen-bond donors (Lipinski definition) is 1. The van der Waals surface area contributed by atoms with Gasteiger partial charge in [0.05, 0.1) is 18.9 Å². The van der Waals surface area contributed by atoms with Crippen molar-refractivity contribution in [3.05, 3.63) is 51.9 Å². The number of aryl methyl sites for hydroxylation is 1. The molecule has 2 rings (SSSR count). The Balaban J connectivity index is 2.26. The molecule has 24 heavy (non-hydrogen) atoms. The fourth-order valence-corrected chi connectivity index (χ4v) is 2.64. The predicted molar refractivity (Wildman–Crippen MR) is 88.6 cm³/mol. The van der Waals surface area contributed by atoms with Gasteiger partial charge in [0.25, 0.3) is 5.91 Å². The van der Waals surface area contributed by atoms with Crippen LogP contribution in [0.1, 0.15) is 27.2 Å². The van der Waals surface area contributed by atoms with E-state index < -0.39 is 5.97 Å². The first kappa shape index (κ1) is 17.9. The second kappa shape index (κ2) is 7.40. The maximum atomic E-state index is 12.7. The fraction of sp³-hybridized carbons (Fsp3) is 0.294. The molecule has 1 aromatic heterocycles. The van der Waals surface area contributed by atoms with Gasteiger partial charge in [-0.1, -0.05) is 11.6 Å². The summed E-state index contributed by atoms with van der Waals surface area (Å²) >= 11 is 6.00. The van der Waals surface area contributed by atoms with Gasteiger partial charge in [-0.05, 0) is 25.1 Å². The van der Waals surface area contributed by atoms with E-state index in [4.69, 9.17) is 25.9 Å². The van der Waals surface area contributed by atoms with E-state index in [-0.39, 0.29) is 30.2 Å². The van der Waals surface area contributed by atoms with Crippen LogP contribution in [0.4, 0.5) is 0 Å². The van der Waals surface area contributed by atoms with E-state index in [1.807, 2.05) is 0 Å². The van der Waals surface area contributed by atoms with Gasteiger partial charge in [0, 0.05) is 29.7 Å². The minimum atomic E-state index is -1.06. The minimum absolute atomic E-state index is 0.148. The van der Waals surface area contributed by atoms with Crippen molar-refractivity contribution in [3.8, 4) is 5.75 Å². The molecule has 0 saturated carbocycles. The van der Waals surface area contributed by atoms with Crippen molar-refractivity contribution in [3.63, 3.8) is 0 Å². The van der Waals surface area contributed by atoms with Crippen LogP contribution in [0.5, 0.6) is 5.75 Å². The zero-order chi connectivity index (χ0) is 17.9. The van der Waals surface area contributed by atoms with Crippen LogP contribution >= 0.6 is 11.6 Å². The van der Waals surface area contributed by atoms with E-state index in [1.165, 1.54) is 11.2 Å². The van der Waals surface area contributed by atoms with Gasteiger partial charge in [-0.3, -0.25) is 9.59 Å². The highest BCUT2D eigenvalue weighted by Crippen LogP contribution is 2.25. The molecule has 6 nitrogen and oxygen atoms in total. The Labute approximate surface area is 144 Å². The minimum Gasteiger partial charge on any atom is -0.496 e. The number of rotatable bonds is 6. The standard InChI is InChI=1S/C17H18ClNO5/c1-10-9-24-14(7-15(20)21)16(10)17(22)19(2)8-11-6-12(18)4-5-13(11)23-3/h4-6,9H,7-8H2,1-3H3,(H,20,21). The van der Waals surface area contributed by atoms with Crippen molar-refractivity contribution >= 4 is 23.5 Å². The van der Waals surface area contributed by atoms with Crippen LogP contribution in [0.3, 0.4) is 0 Å². The molecule has 0 fully saturated rings. The van der Waals surface area contributed by atoms with Gasteiger partial charge in [-0.25, -0.2) is 0 Å². The SMILES string of the molecule is COc1ccc(Cl)cc1CN(C)C(=O)c1c(C)coc1CC(=O)O. The van der Waals surface area contributed by atoms with Crippen molar-refractivity contribution in [2.45, 2.75) is 19.9 Å². The molecule has 7 heteroatoms. The molecule has 0 radical (unpaired) electrons. The maximum Gasteiger partial charge on any atom is 0.311 e. The average molecular weight is 352 g/mol. The molecule has 0 aliphatic heterocycles. The van der Waals surface area contributed by atoms with Crippen molar-refractivity contribution in [1.82, 2.24) is 4.90 Å². The molecule has 1 aromatic carbocycles. The molecule has 0 atom stereocenters. The number of carboxylic acid groups (broad SMARTS) is 1. The number of methoxy groups -OCH3 is 1. The van der Waals surface area contributed by atoms with E-state index in [2.05, 4.69) is 0 Å². The van der Waals surface area contributed by atoms with Crippen LogP contribution < -0.4 is 4.74 Å². The quantitative estimate of drug-likeness (QED) is 0.864. The summed E-state index contributed by atoms with van der Waals surface area (Å²) < 4.78 is 10.5. The second-order valence-corrected chi connectivity index (χ2v) is 5.84. The topological polar surface area (TPSA) is 80.0 Å². The summed E-state index contributed by atoms with van der Waals surface area (Å²) in [5.41, 5.74) is 1.63. The van der Waals surface area contributed by atoms with E-state index in [0.29, 0.717) is 16.3 Å². The largest absolute Gasteiger partial charge is 0.496 e. The Morgan fingerprint density at radius 2 is 2.08 bits per heavy atom. The average Bonchev–Trinajstić information content (AvgIpc) is 2.86. The monoisotopic (exact) mass is 351 g/mol. The van der Waals surface area contributed by atoms with Gasteiger partial charge in [-0.15, -0.1) is 0 Å². The number of halogens is 1. The molecule has 0 aliphatic rings. The number of benzene rings is 1. The lowest BCUT2D eigenvalue weighted by Crippen LogP contribution is -2.27. The van der Waals surface area contributed by atoms with Gasteiger partial charge < -0.3 is 19.2 Å². The number of carboxylic acids is 1. The number of furan rings is 1. The van der Waals surface area contributed by atoms with Crippen LogP contribution in [0, 0.1) is 6.92 Å². The number of ether oxygens (including phenoxy) is 1. The molecular weight excluding hydrogens is 334 g/mol. The van der Waals surface area contributed by atoms with E-state index in [1.54, 1.807) is 39.3 Å². The van der Waals surface area contributed by atoms with Gasteiger partial charge in [0.15, 0.2) is 0 Å². The highest BCUT2D eigenvalue weighted by Gasteiger charge is 2.24. The Bertz CT molecular complexity index is 768. The summed E-state index contributed by atoms with van der Waals surface area (Å²) in [6.07, 6.45) is 1.04. The zero-order valence-electron chi connectivity index (χ0n) is 13.6. The van der Waals surface area contributed by atoms with Gasteiger partial charge >= 0.3 is 5.97 Å². The normalized spacial score (nSPS) is 10.5. The summed E-state index contributed by atoms with van der Waals surface area (Å²) in [7, 11) is 3.17. The van der Waals surface area contributed by atoms with Crippen LogP contribution in [0.25, 0.3) is 0 Å². The summed E-state index contributed by atoms with van der Waals surface area (Å²) in [5.74, 6) is -0.610. The molecule has 0 unspecified atom stereocenters. The number of hydrogen-bond acceptors (Lipinski definition) is 4. The van der Waals surface area contributed by atoms with Crippen molar-refractivity contribution < 1.29 is 23.8 Å². The molecule has 1 heterocycles. The van der Waals surface area contributed by atoms with Crippen molar-refractivity contribution in [1.29, 1.82) is 0 Å². The Morgan fingerprint density at radius 3 is 2.71 bits per heavy atom. The Hall–Kier alpha value is -2.47.